The summed E-state index contributed by atoms with van der Waals surface area (Å²) in [5.41, 5.74) is 0.907. The molecule has 0 saturated heterocycles. The molecular formula is C23H30F3N6O3+. The van der Waals surface area contributed by atoms with Crippen LogP contribution in [0.15, 0.2) is 30.7 Å². The first-order valence-corrected chi connectivity index (χ1v) is 11.2. The number of alkyl halides is 3. The molecule has 0 aliphatic heterocycles. The smallest absolute Gasteiger partial charge is 0.416 e. The highest BCUT2D eigenvalue weighted by Crippen LogP contribution is 2.36. The maximum Gasteiger partial charge on any atom is 0.416 e. The van der Waals surface area contributed by atoms with Gasteiger partial charge in [0.1, 0.15) is 11.1 Å². The zero-order chi connectivity index (χ0) is 25.4. The number of carbonyl (C=O) groups is 1. The molecule has 1 aromatic carbocycles. The van der Waals surface area contributed by atoms with Crippen molar-refractivity contribution in [3.05, 3.63) is 41.9 Å². The Hall–Kier alpha value is -3.38. The predicted octanol–water partition coefficient (Wildman–Crippen LogP) is 3.42. The lowest BCUT2D eigenvalue weighted by molar-refractivity contribution is -0.352. The Kier molecular flexibility index (Phi) is 8.88. The number of carboxylic acids is 1. The molecule has 0 amide bonds. The molecule has 12 heteroatoms. The van der Waals surface area contributed by atoms with Gasteiger partial charge in [0.25, 0.3) is 0 Å². The predicted molar refractivity (Wildman–Crippen MR) is 125 cm³/mol. The van der Waals surface area contributed by atoms with Crippen molar-refractivity contribution in [1.82, 2.24) is 20.2 Å². The number of nitrogens with one attached hydrogen (secondary N) is 4. The first-order valence-electron chi connectivity index (χ1n) is 11.2. The molecule has 0 atom stereocenters. The SMILES string of the molecule is CNCCCN(C)Cc1c[nH]c2[nH+]cnc(Nc3cc(OCCCC(=O)O)cc(C(F)(F)F)c3)c12. The van der Waals surface area contributed by atoms with Gasteiger partial charge in [-0.2, -0.15) is 13.2 Å². The van der Waals surface area contributed by atoms with Gasteiger partial charge in [0, 0.05) is 30.3 Å². The largest absolute Gasteiger partial charge is 0.493 e. The minimum absolute atomic E-state index is 0.00925. The second kappa shape index (κ2) is 11.8. The number of nitrogens with zero attached hydrogens (tertiary/aromatic N) is 2. The quantitative estimate of drug-likeness (QED) is 0.269. The molecule has 2 aromatic heterocycles. The van der Waals surface area contributed by atoms with E-state index in [0.717, 1.165) is 42.6 Å². The Bertz CT molecular complexity index is 1140. The second-order valence-electron chi connectivity index (χ2n) is 8.22. The number of aliphatic carboxylic acids is 1. The molecular weight excluding hydrogens is 465 g/mol. The Balaban J connectivity index is 1.86. The van der Waals surface area contributed by atoms with Crippen LogP contribution in [0.4, 0.5) is 24.7 Å². The maximum atomic E-state index is 13.5. The highest BCUT2D eigenvalue weighted by molar-refractivity contribution is 5.90. The molecule has 3 aromatic rings. The summed E-state index contributed by atoms with van der Waals surface area (Å²) in [4.78, 5) is 23.3. The van der Waals surface area contributed by atoms with E-state index in [1.54, 1.807) is 0 Å². The topological polar surface area (TPSA) is 117 Å². The average molecular weight is 496 g/mol. The van der Waals surface area contributed by atoms with Gasteiger partial charge in [-0.3, -0.25) is 9.78 Å². The van der Waals surface area contributed by atoms with E-state index in [-0.39, 0.29) is 30.9 Å². The summed E-state index contributed by atoms with van der Waals surface area (Å²) in [5.74, 6) is -0.606. The number of rotatable bonds is 13. The van der Waals surface area contributed by atoms with Crippen LogP contribution in [0.25, 0.3) is 11.0 Å². The van der Waals surface area contributed by atoms with Crippen LogP contribution in [-0.2, 0) is 17.5 Å². The number of aromatic nitrogens is 3. The number of hydrogen-bond acceptors (Lipinski definition) is 6. The first kappa shape index (κ1) is 26.2. The minimum Gasteiger partial charge on any atom is -0.493 e. The molecule has 5 N–H and O–H groups in total. The average Bonchev–Trinajstić information content (AvgIpc) is 3.20. The number of halogens is 3. The molecule has 190 valence electrons. The molecule has 3 rings (SSSR count). The minimum atomic E-state index is -4.58. The van der Waals surface area contributed by atoms with E-state index in [4.69, 9.17) is 9.84 Å². The van der Waals surface area contributed by atoms with Gasteiger partial charge in [0.2, 0.25) is 17.8 Å². The van der Waals surface area contributed by atoms with E-state index in [2.05, 4.69) is 30.5 Å². The summed E-state index contributed by atoms with van der Waals surface area (Å²) in [6.45, 7) is 2.38. The molecule has 0 saturated carbocycles. The summed E-state index contributed by atoms with van der Waals surface area (Å²) in [6.07, 6.45) is -0.250. The zero-order valence-corrected chi connectivity index (χ0v) is 19.6. The van der Waals surface area contributed by atoms with Crippen LogP contribution in [-0.4, -0.2) is 59.7 Å². The summed E-state index contributed by atoms with van der Waals surface area (Å²) < 4.78 is 46.0. The lowest BCUT2D eigenvalue weighted by Gasteiger charge is -2.16. The van der Waals surface area contributed by atoms with Crippen molar-refractivity contribution < 1.29 is 32.8 Å². The standard InChI is InChI=1S/C23H29F3N6O3/c1-27-6-4-7-32(2)13-15-12-28-21-20(15)22(30-14-29-21)31-17-9-16(23(24,25)26)10-18(11-17)35-8-3-5-19(33)34/h9-12,14,27H,3-8,13H2,1-2H3,(H,33,34)(H2,28,29,30,31)/p+1. The summed E-state index contributed by atoms with van der Waals surface area (Å²) >= 11 is 0. The molecule has 35 heavy (non-hydrogen) atoms. The Morgan fingerprint density at radius 3 is 2.80 bits per heavy atom. The molecule has 0 spiro atoms. The van der Waals surface area contributed by atoms with Gasteiger partial charge < -0.3 is 25.4 Å². The van der Waals surface area contributed by atoms with E-state index in [1.165, 1.54) is 12.4 Å². The van der Waals surface area contributed by atoms with Crippen LogP contribution in [0.2, 0.25) is 0 Å². The number of aromatic amines is 2. The number of hydrogen-bond donors (Lipinski definition) is 4. The van der Waals surface area contributed by atoms with Crippen molar-refractivity contribution in [2.24, 2.45) is 0 Å². The van der Waals surface area contributed by atoms with E-state index in [0.29, 0.717) is 18.0 Å². The van der Waals surface area contributed by atoms with Crippen molar-refractivity contribution in [3.63, 3.8) is 0 Å². The molecule has 0 aliphatic carbocycles. The number of anilines is 2. The lowest BCUT2D eigenvalue weighted by atomic mass is 10.1. The molecule has 2 heterocycles. The Morgan fingerprint density at radius 1 is 1.29 bits per heavy atom. The third-order valence-electron chi connectivity index (χ3n) is 5.31. The van der Waals surface area contributed by atoms with Crippen LogP contribution < -0.4 is 20.4 Å². The molecule has 0 unspecified atom stereocenters. The van der Waals surface area contributed by atoms with Crippen LogP contribution in [0.3, 0.4) is 0 Å². The zero-order valence-electron chi connectivity index (χ0n) is 19.6. The van der Waals surface area contributed by atoms with Gasteiger partial charge in [0.15, 0.2) is 0 Å². The van der Waals surface area contributed by atoms with Crippen molar-refractivity contribution in [1.29, 1.82) is 0 Å². The van der Waals surface area contributed by atoms with E-state index < -0.39 is 17.7 Å². The number of fused-ring (bicyclic) bond motifs is 1. The Labute approximate surface area is 200 Å². The van der Waals surface area contributed by atoms with Crippen molar-refractivity contribution in [2.75, 3.05) is 39.1 Å². The van der Waals surface area contributed by atoms with Crippen LogP contribution in [0, 0.1) is 0 Å². The fraction of sp³-hybridized carbons (Fsp3) is 0.435. The van der Waals surface area contributed by atoms with E-state index in [1.807, 2.05) is 20.3 Å². The highest BCUT2D eigenvalue weighted by Gasteiger charge is 2.32. The normalized spacial score (nSPS) is 11.8. The van der Waals surface area contributed by atoms with Crippen molar-refractivity contribution in [3.8, 4) is 5.75 Å². The molecule has 0 bridgehead atoms. The van der Waals surface area contributed by atoms with Gasteiger partial charge in [-0.1, -0.05) is 4.98 Å². The third-order valence-corrected chi connectivity index (χ3v) is 5.31. The van der Waals surface area contributed by atoms with Gasteiger partial charge in [-0.05, 0) is 52.2 Å². The van der Waals surface area contributed by atoms with Crippen molar-refractivity contribution in [2.45, 2.75) is 32.0 Å². The second-order valence-corrected chi connectivity index (χ2v) is 8.22. The first-order chi connectivity index (χ1) is 16.7. The fourth-order valence-corrected chi connectivity index (χ4v) is 3.66. The summed E-state index contributed by atoms with van der Waals surface area (Å²) in [7, 11) is 3.90. The van der Waals surface area contributed by atoms with Gasteiger partial charge >= 0.3 is 12.1 Å². The number of benzene rings is 1. The van der Waals surface area contributed by atoms with Crippen LogP contribution >= 0.6 is 0 Å². The molecule has 0 fully saturated rings. The number of H-pyrrole nitrogens is 2. The van der Waals surface area contributed by atoms with Crippen molar-refractivity contribution >= 4 is 28.5 Å². The van der Waals surface area contributed by atoms with E-state index >= 15 is 0 Å². The van der Waals surface area contributed by atoms with Gasteiger partial charge in [-0.15, -0.1) is 0 Å². The Morgan fingerprint density at radius 2 is 2.09 bits per heavy atom. The van der Waals surface area contributed by atoms with Crippen LogP contribution in [0.5, 0.6) is 5.75 Å². The number of ether oxygens (including phenoxy) is 1. The lowest BCUT2D eigenvalue weighted by Crippen LogP contribution is -2.22. The fourth-order valence-electron chi connectivity index (χ4n) is 3.66. The summed E-state index contributed by atoms with van der Waals surface area (Å²) in [6, 6.07) is 3.33. The molecule has 9 nitrogen and oxygen atoms in total. The maximum absolute atomic E-state index is 13.5. The monoisotopic (exact) mass is 495 g/mol. The van der Waals surface area contributed by atoms with E-state index in [9.17, 15) is 18.0 Å². The van der Waals surface area contributed by atoms with Crippen LogP contribution in [0.1, 0.15) is 30.4 Å². The molecule has 0 radical (unpaired) electrons. The number of carboxylic acid groups (broad SMARTS) is 1. The van der Waals surface area contributed by atoms with Gasteiger partial charge in [0.05, 0.1) is 18.4 Å². The third kappa shape index (κ3) is 7.55. The summed E-state index contributed by atoms with van der Waals surface area (Å²) in [5, 5.41) is 15.6. The molecule has 0 aliphatic rings. The van der Waals surface area contributed by atoms with Gasteiger partial charge in [-0.25, -0.2) is 4.98 Å². The highest BCUT2D eigenvalue weighted by atomic mass is 19.4.